The molecule has 1 spiro atoms. The van der Waals surface area contributed by atoms with Crippen LogP contribution in [0.2, 0.25) is 0 Å². The van der Waals surface area contributed by atoms with Gasteiger partial charge in [-0.2, -0.15) is 0 Å². The first-order valence-electron chi connectivity index (χ1n) is 17.2. The van der Waals surface area contributed by atoms with Gasteiger partial charge in [0.05, 0.1) is 5.69 Å². The highest BCUT2D eigenvalue weighted by atomic mass is 19.1. The van der Waals surface area contributed by atoms with Crippen LogP contribution in [-0.2, 0) is 4.74 Å². The van der Waals surface area contributed by atoms with E-state index in [-0.39, 0.29) is 11.2 Å². The molecular weight excluding hydrogens is 583 g/mol. The number of hydrogen-bond acceptors (Lipinski definition) is 10. The van der Waals surface area contributed by atoms with E-state index in [0.717, 1.165) is 88.7 Å². The molecule has 5 aliphatic rings. The number of halogens is 1. The minimum absolute atomic E-state index is 0.250. The fourth-order valence-electron chi connectivity index (χ4n) is 8.61. The van der Waals surface area contributed by atoms with Crippen LogP contribution < -0.4 is 15.0 Å². The average Bonchev–Trinajstić information content (AvgIpc) is 3.79. The van der Waals surface area contributed by atoms with Crippen molar-refractivity contribution in [1.29, 1.82) is 0 Å². The van der Waals surface area contributed by atoms with Gasteiger partial charge in [-0.25, -0.2) is 19.3 Å². The van der Waals surface area contributed by atoms with E-state index < -0.39 is 0 Å². The van der Waals surface area contributed by atoms with Gasteiger partial charge in [0.25, 0.3) is 5.88 Å². The largest absolute Gasteiger partial charge is 0.434 e. The van der Waals surface area contributed by atoms with Crippen molar-refractivity contribution in [1.82, 2.24) is 35.4 Å². The van der Waals surface area contributed by atoms with Gasteiger partial charge >= 0.3 is 0 Å². The van der Waals surface area contributed by atoms with Crippen LogP contribution in [0, 0.1) is 23.1 Å². The van der Waals surface area contributed by atoms with Crippen molar-refractivity contribution in [2.45, 2.75) is 82.8 Å². The van der Waals surface area contributed by atoms with Gasteiger partial charge in [0.1, 0.15) is 24.2 Å². The highest BCUT2D eigenvalue weighted by Gasteiger charge is 2.53. The van der Waals surface area contributed by atoms with Crippen molar-refractivity contribution in [3.63, 3.8) is 0 Å². The molecule has 2 aliphatic carbocycles. The molecule has 0 bridgehead atoms. The lowest BCUT2D eigenvalue weighted by Gasteiger charge is -2.57. The molecule has 2 aromatic heterocycles. The van der Waals surface area contributed by atoms with Crippen LogP contribution in [0.1, 0.15) is 70.4 Å². The normalized spacial score (nSPS) is 25.4. The van der Waals surface area contributed by atoms with Crippen LogP contribution in [0.15, 0.2) is 37.1 Å². The van der Waals surface area contributed by atoms with Gasteiger partial charge in [-0.15, -0.1) is 10.2 Å². The number of likely N-dealkylation sites (tertiary alicyclic amines) is 1. The topological polar surface area (TPSA) is 101 Å². The minimum atomic E-state index is -0.339. The lowest BCUT2D eigenvalue weighted by atomic mass is 9.68. The maximum absolute atomic E-state index is 14.5. The molecule has 1 N–H and O–H groups in total. The molecule has 1 atom stereocenters. The summed E-state index contributed by atoms with van der Waals surface area (Å²) in [7, 11) is 0. The molecule has 3 saturated heterocycles. The highest BCUT2D eigenvalue weighted by molar-refractivity contribution is 5.73. The third kappa shape index (κ3) is 5.97. The van der Waals surface area contributed by atoms with Crippen LogP contribution in [-0.4, -0.2) is 87.6 Å². The van der Waals surface area contributed by atoms with Crippen molar-refractivity contribution >= 4 is 5.82 Å². The number of benzene rings is 1. The second-order valence-corrected chi connectivity index (χ2v) is 14.7. The number of nitrogens with zero attached hydrogens (tertiary/aromatic N) is 7. The van der Waals surface area contributed by atoms with Crippen LogP contribution in [0.4, 0.5) is 10.2 Å². The lowest BCUT2D eigenvalue weighted by molar-refractivity contribution is -0.0704. The molecule has 5 heterocycles. The SMILES string of the molecule is CC(C)[C@@H](C1CC(NC2CCOCC2)C1)N1CC2(CCN(c3ncnnc3Oc3ccc(F)cc3-c3cncnc3C3CC3)C2)C1. The van der Waals surface area contributed by atoms with E-state index in [4.69, 9.17) is 9.47 Å². The Hall–Kier alpha value is -3.28. The molecule has 3 aromatic rings. The van der Waals surface area contributed by atoms with Gasteiger partial charge in [0.15, 0.2) is 5.82 Å². The third-order valence-electron chi connectivity index (χ3n) is 11.0. The Morgan fingerprint density at radius 1 is 1.00 bits per heavy atom. The molecule has 0 amide bonds. The van der Waals surface area contributed by atoms with Crippen LogP contribution in [0.25, 0.3) is 11.1 Å². The van der Waals surface area contributed by atoms with Crippen LogP contribution >= 0.6 is 0 Å². The molecule has 10 nitrogen and oxygen atoms in total. The predicted octanol–water partition coefficient (Wildman–Crippen LogP) is 5.22. The second kappa shape index (κ2) is 12.4. The summed E-state index contributed by atoms with van der Waals surface area (Å²) in [5, 5.41) is 12.3. The highest BCUT2D eigenvalue weighted by Crippen LogP contribution is 2.48. The molecule has 5 fully saturated rings. The van der Waals surface area contributed by atoms with E-state index in [1.54, 1.807) is 18.6 Å². The molecule has 11 heteroatoms. The summed E-state index contributed by atoms with van der Waals surface area (Å²) in [5.41, 5.74) is 2.60. The second-order valence-electron chi connectivity index (χ2n) is 14.7. The third-order valence-corrected chi connectivity index (χ3v) is 11.0. The van der Waals surface area contributed by atoms with Gasteiger partial charge in [0.2, 0.25) is 0 Å². The van der Waals surface area contributed by atoms with Gasteiger partial charge in [-0.3, -0.25) is 4.90 Å². The van der Waals surface area contributed by atoms with E-state index in [9.17, 15) is 4.39 Å². The van der Waals surface area contributed by atoms with Crippen molar-refractivity contribution < 1.29 is 13.9 Å². The molecular formula is C35H45FN8O2. The number of aromatic nitrogens is 5. The van der Waals surface area contributed by atoms with E-state index >= 15 is 0 Å². The fraction of sp³-hybridized carbons (Fsp3) is 0.629. The van der Waals surface area contributed by atoms with Gasteiger partial charge < -0.3 is 19.7 Å². The fourth-order valence-corrected chi connectivity index (χ4v) is 8.61. The molecule has 3 aliphatic heterocycles. The van der Waals surface area contributed by atoms with Crippen molar-refractivity contribution in [2.75, 3.05) is 44.3 Å². The first-order chi connectivity index (χ1) is 22.4. The average molecular weight is 629 g/mol. The molecule has 8 rings (SSSR count). The quantitative estimate of drug-likeness (QED) is 0.322. The number of nitrogens with one attached hydrogen (secondary N) is 1. The van der Waals surface area contributed by atoms with Crippen LogP contribution in [0.3, 0.4) is 0 Å². The molecule has 0 radical (unpaired) electrons. The Labute approximate surface area is 270 Å². The lowest BCUT2D eigenvalue weighted by Crippen LogP contribution is -2.65. The van der Waals surface area contributed by atoms with Crippen LogP contribution in [0.5, 0.6) is 11.6 Å². The number of anilines is 1. The standard InChI is InChI=1S/C35H45FN8O2/c1-22(2)32(24-13-27(14-24)41-26-7-11-45-12-8-26)44-18-35(19-44)9-10-43(17-35)33-34(42-40-21-39-33)46-30-6-5-25(36)15-28(30)29-16-37-20-38-31(29)23-3-4-23/h5-6,15-16,20-24,26-27,32,41H,3-4,7-14,17-19H2,1-2H3/t24?,27?,32-/m0/s1. The van der Waals surface area contributed by atoms with E-state index in [1.807, 2.05) is 0 Å². The zero-order valence-electron chi connectivity index (χ0n) is 26.9. The zero-order valence-corrected chi connectivity index (χ0v) is 26.9. The van der Waals surface area contributed by atoms with E-state index in [2.05, 4.69) is 54.1 Å². The number of hydrogen-bond donors (Lipinski definition) is 1. The summed E-state index contributed by atoms with van der Waals surface area (Å²) in [4.78, 5) is 18.5. The maximum atomic E-state index is 14.5. The molecule has 2 saturated carbocycles. The Kier molecular flexibility index (Phi) is 8.10. The molecule has 0 unspecified atom stereocenters. The Balaban J connectivity index is 0.935. The first-order valence-corrected chi connectivity index (χ1v) is 17.2. The summed E-state index contributed by atoms with van der Waals surface area (Å²) in [6.07, 6.45) is 12.9. The Bertz CT molecular complexity index is 1530. The predicted molar refractivity (Wildman–Crippen MR) is 172 cm³/mol. The smallest absolute Gasteiger partial charge is 0.282 e. The molecule has 244 valence electrons. The zero-order chi connectivity index (χ0) is 31.3. The molecule has 1 aromatic carbocycles. The van der Waals surface area contributed by atoms with Gasteiger partial charge in [-0.05, 0) is 75.0 Å². The number of ether oxygens (including phenoxy) is 2. The summed E-state index contributed by atoms with van der Waals surface area (Å²) in [5.74, 6) is 2.96. The Morgan fingerprint density at radius 2 is 1.83 bits per heavy atom. The van der Waals surface area contributed by atoms with Gasteiger partial charge in [0, 0.05) is 86.2 Å². The summed E-state index contributed by atoms with van der Waals surface area (Å²) < 4.78 is 26.5. The first kappa shape index (κ1) is 30.1. The summed E-state index contributed by atoms with van der Waals surface area (Å²) >= 11 is 0. The molecule has 46 heavy (non-hydrogen) atoms. The van der Waals surface area contributed by atoms with Crippen molar-refractivity contribution in [3.05, 3.63) is 48.6 Å². The van der Waals surface area contributed by atoms with E-state index in [0.29, 0.717) is 53.0 Å². The number of rotatable bonds is 10. The van der Waals surface area contributed by atoms with Crippen molar-refractivity contribution in [3.8, 4) is 22.8 Å². The Morgan fingerprint density at radius 3 is 2.61 bits per heavy atom. The summed E-state index contributed by atoms with van der Waals surface area (Å²) in [6, 6.07) is 6.47. The minimum Gasteiger partial charge on any atom is -0.434 e. The van der Waals surface area contributed by atoms with E-state index in [1.165, 1.54) is 31.3 Å². The van der Waals surface area contributed by atoms with Crippen molar-refractivity contribution in [2.24, 2.45) is 17.3 Å². The summed E-state index contributed by atoms with van der Waals surface area (Å²) in [6.45, 7) is 10.6. The maximum Gasteiger partial charge on any atom is 0.282 e. The monoisotopic (exact) mass is 628 g/mol. The van der Waals surface area contributed by atoms with Gasteiger partial charge in [-0.1, -0.05) is 13.8 Å².